The number of aliphatic hydroxyl groups is 1. The van der Waals surface area contributed by atoms with E-state index in [1.54, 1.807) is 12.3 Å². The van der Waals surface area contributed by atoms with Crippen molar-refractivity contribution in [2.24, 2.45) is 0 Å². The highest BCUT2D eigenvalue weighted by atomic mass is 16.3. The number of pyridine rings is 1. The average Bonchev–Trinajstić information content (AvgIpc) is 2.78. The van der Waals surface area contributed by atoms with Crippen LogP contribution in [0.4, 0.5) is 0 Å². The number of carbonyl (C=O) groups excluding carboxylic acids is 1. The highest BCUT2D eigenvalue weighted by molar-refractivity contribution is 6.00. The van der Waals surface area contributed by atoms with Crippen molar-refractivity contribution in [3.05, 3.63) is 58.5 Å². The van der Waals surface area contributed by atoms with Crippen molar-refractivity contribution in [3.8, 4) is 11.1 Å². The second kappa shape index (κ2) is 9.37. The van der Waals surface area contributed by atoms with Crippen LogP contribution in [0.15, 0.2) is 47.4 Å². The first kappa shape index (κ1) is 21.8. The molecule has 1 aliphatic heterocycles. The monoisotopic (exact) mass is 423 g/mol. The molecule has 0 unspecified atom stereocenters. The minimum Gasteiger partial charge on any atom is -0.388 e. The number of nitrogens with one attached hydrogen (secondary N) is 1. The smallest absolute Gasteiger partial charge is 0.253 e. The van der Waals surface area contributed by atoms with Gasteiger partial charge in [0.15, 0.2) is 0 Å². The summed E-state index contributed by atoms with van der Waals surface area (Å²) >= 11 is 0. The van der Waals surface area contributed by atoms with Gasteiger partial charge in [-0.3, -0.25) is 9.59 Å². The average molecular weight is 424 g/mol. The Morgan fingerprint density at radius 2 is 1.81 bits per heavy atom. The van der Waals surface area contributed by atoms with Crippen molar-refractivity contribution < 1.29 is 9.90 Å². The first-order chi connectivity index (χ1) is 14.9. The molecule has 0 spiro atoms. The predicted molar refractivity (Wildman–Crippen MR) is 122 cm³/mol. The van der Waals surface area contributed by atoms with E-state index < -0.39 is 5.60 Å². The number of hydrogen-bond donors (Lipinski definition) is 2. The van der Waals surface area contributed by atoms with E-state index in [0.717, 1.165) is 44.3 Å². The highest BCUT2D eigenvalue weighted by Crippen LogP contribution is 2.26. The van der Waals surface area contributed by atoms with Crippen LogP contribution in [0, 0.1) is 0 Å². The van der Waals surface area contributed by atoms with Crippen LogP contribution < -0.4 is 10.9 Å². The molecule has 1 saturated heterocycles. The summed E-state index contributed by atoms with van der Waals surface area (Å²) in [6.45, 7) is 1.79. The molecule has 0 radical (unpaired) electrons. The quantitative estimate of drug-likeness (QED) is 0.775. The summed E-state index contributed by atoms with van der Waals surface area (Å²) in [5.74, 6) is -0.144. The first-order valence-corrected chi connectivity index (χ1v) is 11.5. The summed E-state index contributed by atoms with van der Waals surface area (Å²) in [6, 6.07) is 11.3. The van der Waals surface area contributed by atoms with Gasteiger partial charge in [-0.2, -0.15) is 0 Å². The van der Waals surface area contributed by atoms with Crippen LogP contribution in [0.25, 0.3) is 11.1 Å². The van der Waals surface area contributed by atoms with Crippen molar-refractivity contribution in [1.29, 1.82) is 0 Å². The Morgan fingerprint density at radius 1 is 1.13 bits per heavy atom. The van der Waals surface area contributed by atoms with E-state index in [9.17, 15) is 14.7 Å². The molecule has 6 nitrogen and oxygen atoms in total. The van der Waals surface area contributed by atoms with E-state index in [4.69, 9.17) is 0 Å². The van der Waals surface area contributed by atoms with Crippen LogP contribution in [0.3, 0.4) is 0 Å². The van der Waals surface area contributed by atoms with Gasteiger partial charge in [0.2, 0.25) is 0 Å². The molecule has 0 atom stereocenters. The van der Waals surface area contributed by atoms with Crippen molar-refractivity contribution in [2.75, 3.05) is 20.1 Å². The zero-order valence-corrected chi connectivity index (χ0v) is 18.3. The summed E-state index contributed by atoms with van der Waals surface area (Å²) in [5.41, 5.74) is 0.860. The SMILES string of the molecule is CN1CCC(O)(Cn2cc(C(=O)NC3CCCCC3)c(-c3ccccc3)cc2=O)CC1. The Labute approximate surface area is 183 Å². The number of hydrogen-bond acceptors (Lipinski definition) is 4. The Morgan fingerprint density at radius 3 is 2.48 bits per heavy atom. The molecule has 0 bridgehead atoms. The summed E-state index contributed by atoms with van der Waals surface area (Å²) < 4.78 is 1.52. The van der Waals surface area contributed by atoms with Gasteiger partial charge in [0.1, 0.15) is 0 Å². The van der Waals surface area contributed by atoms with Crippen LogP contribution in [0.5, 0.6) is 0 Å². The number of piperidine rings is 1. The van der Waals surface area contributed by atoms with Gasteiger partial charge in [0.25, 0.3) is 11.5 Å². The topological polar surface area (TPSA) is 74.6 Å². The number of nitrogens with zero attached hydrogens (tertiary/aromatic N) is 2. The molecular weight excluding hydrogens is 390 g/mol. The number of amides is 1. The molecule has 166 valence electrons. The first-order valence-electron chi connectivity index (χ1n) is 11.5. The Kier molecular flexibility index (Phi) is 6.58. The molecule has 1 amide bonds. The lowest BCUT2D eigenvalue weighted by Crippen LogP contribution is -2.47. The molecule has 1 aliphatic carbocycles. The lowest BCUT2D eigenvalue weighted by atomic mass is 9.91. The molecule has 6 heteroatoms. The van der Waals surface area contributed by atoms with E-state index in [1.165, 1.54) is 11.0 Å². The maximum Gasteiger partial charge on any atom is 0.253 e. The van der Waals surface area contributed by atoms with Crippen LogP contribution in [0.2, 0.25) is 0 Å². The lowest BCUT2D eigenvalue weighted by Gasteiger charge is -2.37. The second-order valence-electron chi connectivity index (χ2n) is 9.27. The van der Waals surface area contributed by atoms with Crippen molar-refractivity contribution in [3.63, 3.8) is 0 Å². The van der Waals surface area contributed by atoms with E-state index in [1.807, 2.05) is 37.4 Å². The van der Waals surface area contributed by atoms with Gasteiger partial charge < -0.3 is 19.9 Å². The van der Waals surface area contributed by atoms with E-state index in [2.05, 4.69) is 10.2 Å². The van der Waals surface area contributed by atoms with Gasteiger partial charge in [-0.05, 0) is 38.3 Å². The largest absolute Gasteiger partial charge is 0.388 e. The van der Waals surface area contributed by atoms with Crippen LogP contribution >= 0.6 is 0 Å². The summed E-state index contributed by atoms with van der Waals surface area (Å²) in [7, 11) is 2.04. The molecule has 4 rings (SSSR count). The van der Waals surface area contributed by atoms with Gasteiger partial charge in [-0.1, -0.05) is 49.6 Å². The number of carbonyl (C=O) groups is 1. The third-order valence-electron chi connectivity index (χ3n) is 6.78. The van der Waals surface area contributed by atoms with Gasteiger partial charge in [-0.15, -0.1) is 0 Å². The van der Waals surface area contributed by atoms with Crippen LogP contribution in [-0.4, -0.2) is 52.3 Å². The third-order valence-corrected chi connectivity index (χ3v) is 6.78. The number of rotatable bonds is 5. The Balaban J connectivity index is 1.66. The fraction of sp³-hybridized carbons (Fsp3) is 0.520. The summed E-state index contributed by atoms with van der Waals surface area (Å²) in [6.07, 6.45) is 8.37. The van der Waals surface area contributed by atoms with Gasteiger partial charge >= 0.3 is 0 Å². The van der Waals surface area contributed by atoms with Gasteiger partial charge in [0, 0.05) is 37.0 Å². The fourth-order valence-electron chi connectivity index (χ4n) is 4.75. The normalized spacial score (nSPS) is 19.8. The van der Waals surface area contributed by atoms with Crippen LogP contribution in [0.1, 0.15) is 55.3 Å². The van der Waals surface area contributed by atoms with Gasteiger partial charge in [-0.25, -0.2) is 0 Å². The van der Waals surface area contributed by atoms with Gasteiger partial charge in [0.05, 0.1) is 17.7 Å². The van der Waals surface area contributed by atoms with E-state index in [-0.39, 0.29) is 24.1 Å². The second-order valence-corrected chi connectivity index (χ2v) is 9.27. The minimum atomic E-state index is -0.929. The summed E-state index contributed by atoms with van der Waals surface area (Å²) in [4.78, 5) is 28.4. The summed E-state index contributed by atoms with van der Waals surface area (Å²) in [5, 5.41) is 14.2. The third kappa shape index (κ3) is 5.25. The van der Waals surface area contributed by atoms with E-state index >= 15 is 0 Å². The van der Waals surface area contributed by atoms with Crippen molar-refractivity contribution in [2.45, 2.75) is 63.1 Å². The van der Waals surface area contributed by atoms with Crippen molar-refractivity contribution in [1.82, 2.24) is 14.8 Å². The Hall–Kier alpha value is -2.44. The number of benzene rings is 1. The Bertz CT molecular complexity index is 956. The molecule has 2 aromatic rings. The maximum atomic E-state index is 13.3. The maximum absolute atomic E-state index is 13.3. The molecule has 1 saturated carbocycles. The number of likely N-dealkylation sites (tertiary alicyclic amines) is 1. The molecule has 2 heterocycles. The zero-order chi connectivity index (χ0) is 21.8. The van der Waals surface area contributed by atoms with E-state index in [0.29, 0.717) is 24.0 Å². The molecular formula is C25H33N3O3. The predicted octanol–water partition coefficient (Wildman–Crippen LogP) is 3.03. The number of aromatic nitrogens is 1. The zero-order valence-electron chi connectivity index (χ0n) is 18.3. The molecule has 31 heavy (non-hydrogen) atoms. The van der Waals surface area contributed by atoms with Crippen LogP contribution in [-0.2, 0) is 6.54 Å². The fourth-order valence-corrected chi connectivity index (χ4v) is 4.75. The minimum absolute atomic E-state index is 0.144. The highest BCUT2D eigenvalue weighted by Gasteiger charge is 2.32. The molecule has 2 aliphatic rings. The van der Waals surface area contributed by atoms with Crippen molar-refractivity contribution >= 4 is 5.91 Å². The molecule has 1 aromatic carbocycles. The molecule has 1 aromatic heterocycles. The lowest BCUT2D eigenvalue weighted by molar-refractivity contribution is -0.0298. The molecule has 2 N–H and O–H groups in total. The standard InChI is InChI=1S/C25H33N3O3/c1-27-14-12-25(31,13-15-27)18-28-17-22(24(30)26-20-10-6-3-7-11-20)21(16-23(28)29)19-8-4-2-5-9-19/h2,4-5,8-9,16-17,20,31H,3,6-7,10-15,18H2,1H3,(H,26,30). The molecule has 2 fully saturated rings.